The van der Waals surface area contributed by atoms with Gasteiger partial charge in [0.2, 0.25) is 0 Å². The van der Waals surface area contributed by atoms with Gasteiger partial charge in [-0.15, -0.1) is 23.2 Å². The third-order valence-electron chi connectivity index (χ3n) is 6.19. The van der Waals surface area contributed by atoms with E-state index in [2.05, 4.69) is 170 Å². The van der Waals surface area contributed by atoms with Crippen LogP contribution in [0.1, 0.15) is 0 Å². The largest absolute Gasteiger partial charge is 0 e. The third kappa shape index (κ3) is 13.1. The van der Waals surface area contributed by atoms with E-state index >= 15 is 0 Å². The molecule has 0 aliphatic heterocycles. The van der Waals surface area contributed by atoms with E-state index in [-0.39, 0.29) is 54.2 Å². The number of halogens is 4. The minimum Gasteiger partial charge on any atom is 0 e. The zero-order chi connectivity index (χ0) is 29.8. The van der Waals surface area contributed by atoms with E-state index < -0.39 is 0 Å². The van der Waals surface area contributed by atoms with Crippen LogP contribution in [0.25, 0.3) is 0 Å². The van der Waals surface area contributed by atoms with Crippen LogP contribution in [-0.2, 0) is 33.0 Å². The van der Waals surface area contributed by atoms with Gasteiger partial charge in [0, 0.05) is 28.4 Å². The van der Waals surface area contributed by atoms with Crippen molar-refractivity contribution in [2.24, 2.45) is 0 Å². The first-order valence-corrected chi connectivity index (χ1v) is 21.1. The molecule has 0 heterocycles. The van der Waals surface area contributed by atoms with Crippen LogP contribution in [0.15, 0.2) is 170 Å². The molecule has 0 atom stereocenters. The third-order valence-corrected chi connectivity index (χ3v) is 11.5. The maximum atomic E-state index is 4.81. The standard InChI is InChI=1S/2C17H15P.CH2Cl2.2ClH.Fe.Pd/c2*1-3-9-15(10-4-1)18(17-13-7-8-14-17)16-11-5-2-6-12-16;2-1-3;;;;/h2*1-14,17H;1H2;2*1H;;/q;;;;;;+2/p-2. The van der Waals surface area contributed by atoms with Gasteiger partial charge in [-0.3, -0.25) is 0 Å². The molecule has 4 aromatic carbocycles. The van der Waals surface area contributed by atoms with Gasteiger partial charge in [0.05, 0.1) is 5.34 Å². The SMILES string of the molecule is C1=CC(P(c2ccccc2)c2ccccc2)C=C1.C1=CC(P(c2ccccc2)c2ccccc2)C=C1.ClCCl.[Cl][Pd][Cl].[Fe]. The minimum absolute atomic E-state index is 0. The maximum Gasteiger partial charge on any atom is 0 e. The van der Waals surface area contributed by atoms with Gasteiger partial charge in [-0.2, -0.15) is 0 Å². The van der Waals surface area contributed by atoms with Gasteiger partial charge in [-0.25, -0.2) is 0 Å². The van der Waals surface area contributed by atoms with Crippen molar-refractivity contribution in [1.29, 1.82) is 0 Å². The number of benzene rings is 4. The molecule has 8 heteroatoms. The first-order valence-electron chi connectivity index (χ1n) is 13.2. The van der Waals surface area contributed by atoms with Crippen LogP contribution in [0.5, 0.6) is 0 Å². The van der Waals surface area contributed by atoms with Gasteiger partial charge in [-0.1, -0.05) is 170 Å². The second kappa shape index (κ2) is 23.4. The quantitative estimate of drug-likeness (QED) is 0.103. The van der Waals surface area contributed by atoms with Crippen molar-refractivity contribution in [3.8, 4) is 0 Å². The molecule has 0 N–H and O–H groups in total. The van der Waals surface area contributed by atoms with Gasteiger partial charge in [0.15, 0.2) is 0 Å². The second-order valence-electron chi connectivity index (χ2n) is 8.75. The molecule has 0 spiro atoms. The van der Waals surface area contributed by atoms with Crippen LogP contribution in [0.3, 0.4) is 0 Å². The van der Waals surface area contributed by atoms with E-state index in [0.29, 0.717) is 11.3 Å². The van der Waals surface area contributed by atoms with Gasteiger partial charge >= 0.3 is 35.0 Å². The summed E-state index contributed by atoms with van der Waals surface area (Å²) in [6.07, 6.45) is 17.9. The smallest absolute Gasteiger partial charge is 0 e. The molecule has 0 fully saturated rings. The molecule has 43 heavy (non-hydrogen) atoms. The number of allylic oxidation sites excluding steroid dienone is 8. The molecular formula is C35H32Cl4FeP2Pd. The van der Waals surface area contributed by atoms with E-state index in [9.17, 15) is 0 Å². The molecule has 0 nitrogen and oxygen atoms in total. The fraction of sp³-hybridized carbons (Fsp3) is 0.0857. The normalized spacial score (nSPS) is 13.1. The summed E-state index contributed by atoms with van der Waals surface area (Å²) < 4.78 is 0. The fourth-order valence-corrected chi connectivity index (χ4v) is 9.56. The molecule has 4 aromatic rings. The summed E-state index contributed by atoms with van der Waals surface area (Å²) in [6, 6.07) is 43.4. The van der Waals surface area contributed by atoms with E-state index in [1.54, 1.807) is 0 Å². The molecule has 0 saturated carbocycles. The molecule has 0 radical (unpaired) electrons. The Kier molecular flexibility index (Phi) is 20.8. The number of alkyl halides is 2. The Bertz CT molecular complexity index is 1180. The van der Waals surface area contributed by atoms with Crippen LogP contribution in [0.2, 0.25) is 0 Å². The van der Waals surface area contributed by atoms with Crippen molar-refractivity contribution >= 4 is 79.3 Å². The van der Waals surface area contributed by atoms with Crippen LogP contribution in [-0.4, -0.2) is 16.7 Å². The molecule has 2 aliphatic carbocycles. The van der Waals surface area contributed by atoms with Gasteiger partial charge in [-0.05, 0) is 37.1 Å². The van der Waals surface area contributed by atoms with Crippen molar-refractivity contribution < 1.29 is 33.0 Å². The van der Waals surface area contributed by atoms with Crippen molar-refractivity contribution in [3.05, 3.63) is 170 Å². The Hall–Kier alpha value is -0.958. The predicted molar refractivity (Wildman–Crippen MR) is 191 cm³/mol. The number of hydrogen-bond donors (Lipinski definition) is 0. The molecule has 0 unspecified atom stereocenters. The van der Waals surface area contributed by atoms with E-state index in [1.807, 2.05) is 0 Å². The monoisotopic (exact) mass is 816 g/mol. The molecule has 228 valence electrons. The topological polar surface area (TPSA) is 0 Å². The van der Waals surface area contributed by atoms with Crippen LogP contribution in [0, 0.1) is 0 Å². The predicted octanol–water partition coefficient (Wildman–Crippen LogP) is 10.0. The summed E-state index contributed by atoms with van der Waals surface area (Å²) in [6.45, 7) is 0. The van der Waals surface area contributed by atoms with Crippen LogP contribution < -0.4 is 21.2 Å². The molecule has 0 saturated heterocycles. The van der Waals surface area contributed by atoms with E-state index in [4.69, 9.17) is 42.3 Å². The summed E-state index contributed by atoms with van der Waals surface area (Å²) in [4.78, 5) is 0. The molecule has 0 aromatic heterocycles. The van der Waals surface area contributed by atoms with Crippen molar-refractivity contribution in [2.75, 3.05) is 5.34 Å². The maximum absolute atomic E-state index is 4.81. The Labute approximate surface area is 296 Å². The van der Waals surface area contributed by atoms with Gasteiger partial charge in [0.25, 0.3) is 0 Å². The summed E-state index contributed by atoms with van der Waals surface area (Å²) in [5.41, 5.74) is 1.06. The average molecular weight is 819 g/mol. The number of rotatable bonds is 6. The molecule has 0 amide bonds. The Morgan fingerprint density at radius 2 is 0.628 bits per heavy atom. The average Bonchev–Trinajstić information content (AvgIpc) is 3.77. The first-order chi connectivity index (χ1) is 20.7. The van der Waals surface area contributed by atoms with Crippen molar-refractivity contribution in [2.45, 2.75) is 11.3 Å². The Morgan fingerprint density at radius 3 is 0.814 bits per heavy atom. The van der Waals surface area contributed by atoms with Crippen LogP contribution in [0.4, 0.5) is 0 Å². The van der Waals surface area contributed by atoms with Crippen molar-refractivity contribution in [1.82, 2.24) is 0 Å². The molecule has 6 rings (SSSR count). The summed E-state index contributed by atoms with van der Waals surface area (Å²) >= 11 is 9.42. The summed E-state index contributed by atoms with van der Waals surface area (Å²) in [5.74, 6) is 0. The number of hydrogen-bond acceptors (Lipinski definition) is 0. The zero-order valence-corrected chi connectivity index (χ0v) is 30.6. The Balaban J connectivity index is 0.000000249. The molecule has 2 aliphatic rings. The van der Waals surface area contributed by atoms with Gasteiger partial charge < -0.3 is 0 Å². The summed E-state index contributed by atoms with van der Waals surface area (Å²) in [5, 5.41) is 5.97. The molecular weight excluding hydrogens is 786 g/mol. The first kappa shape index (κ1) is 38.2. The van der Waals surface area contributed by atoms with Gasteiger partial charge in [0.1, 0.15) is 0 Å². The zero-order valence-electron chi connectivity index (χ0n) is 23.1. The molecule has 0 bridgehead atoms. The van der Waals surface area contributed by atoms with Crippen LogP contribution >= 0.6 is 58.1 Å². The van der Waals surface area contributed by atoms with E-state index in [1.165, 1.54) is 21.2 Å². The fourth-order valence-electron chi connectivity index (χ4n) is 4.53. The minimum atomic E-state index is -0.326. The second-order valence-corrected chi connectivity index (χ2v) is 16.7. The summed E-state index contributed by atoms with van der Waals surface area (Å²) in [7, 11) is 8.98. The van der Waals surface area contributed by atoms with Crippen molar-refractivity contribution in [3.63, 3.8) is 0 Å². The van der Waals surface area contributed by atoms with E-state index in [0.717, 1.165) is 0 Å². The Morgan fingerprint density at radius 1 is 0.442 bits per heavy atom.